The molecule has 4 unspecified atom stereocenters. The first-order chi connectivity index (χ1) is 10.6. The molecule has 0 rings (SSSR count). The summed E-state index contributed by atoms with van der Waals surface area (Å²) in [6.07, 6.45) is -1.71. The maximum Gasteiger partial charge on any atom is 0.328 e. The normalized spacial score (nSPS) is 15.8. The summed E-state index contributed by atoms with van der Waals surface area (Å²) in [7, 11) is 0. The predicted octanol–water partition coefficient (Wildman–Crippen LogP) is -3.06. The molecule has 0 aliphatic heterocycles. The van der Waals surface area contributed by atoms with Gasteiger partial charge < -0.3 is 32.3 Å². The zero-order chi connectivity index (χ0) is 18.2. The molecule has 0 radical (unpaired) electrons. The Bertz CT molecular complexity index is 459. The van der Waals surface area contributed by atoms with Crippen molar-refractivity contribution in [3.63, 3.8) is 0 Å². The molecule has 23 heavy (non-hydrogen) atoms. The lowest BCUT2D eigenvalue weighted by Crippen LogP contribution is -2.56. The maximum absolute atomic E-state index is 12.1. The number of carbonyl (C=O) groups excluding carboxylic acids is 3. The van der Waals surface area contributed by atoms with Crippen molar-refractivity contribution in [2.24, 2.45) is 11.5 Å². The van der Waals surface area contributed by atoms with E-state index in [1.807, 2.05) is 0 Å². The standard InChI is InChI=1S/C12H22N4O6S/c1-5(17)9(12(21)22)16-11(20)7(2-3-8(14)18)15-10(19)6(13)4-23/h5-7,9,17,23H,2-4,13H2,1H3,(H2,14,18)(H,15,19)(H,16,20)(H,21,22). The fourth-order valence-corrected chi connectivity index (χ4v) is 1.73. The van der Waals surface area contributed by atoms with Crippen molar-refractivity contribution in [1.82, 2.24) is 10.6 Å². The van der Waals surface area contributed by atoms with Crippen molar-refractivity contribution in [2.75, 3.05) is 5.75 Å². The average Bonchev–Trinajstić information content (AvgIpc) is 2.46. The van der Waals surface area contributed by atoms with Gasteiger partial charge >= 0.3 is 5.97 Å². The minimum atomic E-state index is -1.56. The first-order valence-electron chi connectivity index (χ1n) is 6.76. The van der Waals surface area contributed by atoms with Crippen LogP contribution in [-0.4, -0.2) is 63.9 Å². The maximum atomic E-state index is 12.1. The molecular weight excluding hydrogens is 328 g/mol. The van der Waals surface area contributed by atoms with E-state index in [9.17, 15) is 24.3 Å². The molecule has 10 nitrogen and oxygen atoms in total. The van der Waals surface area contributed by atoms with E-state index in [4.69, 9.17) is 16.6 Å². The lowest BCUT2D eigenvalue weighted by Gasteiger charge is -2.23. The monoisotopic (exact) mass is 350 g/mol. The van der Waals surface area contributed by atoms with Crippen LogP contribution in [-0.2, 0) is 19.2 Å². The Kier molecular flexibility index (Phi) is 9.22. The molecular formula is C12H22N4O6S. The highest BCUT2D eigenvalue weighted by Crippen LogP contribution is 2.02. The van der Waals surface area contributed by atoms with Gasteiger partial charge in [-0.3, -0.25) is 14.4 Å². The highest BCUT2D eigenvalue weighted by atomic mass is 32.1. The zero-order valence-corrected chi connectivity index (χ0v) is 13.5. The zero-order valence-electron chi connectivity index (χ0n) is 12.6. The third-order valence-corrected chi connectivity index (χ3v) is 3.29. The summed E-state index contributed by atoms with van der Waals surface area (Å²) >= 11 is 3.85. The minimum Gasteiger partial charge on any atom is -0.480 e. The van der Waals surface area contributed by atoms with Gasteiger partial charge in [0.15, 0.2) is 6.04 Å². The van der Waals surface area contributed by atoms with Crippen molar-refractivity contribution < 1.29 is 29.4 Å². The van der Waals surface area contributed by atoms with Crippen LogP contribution in [0.5, 0.6) is 0 Å². The van der Waals surface area contributed by atoms with Gasteiger partial charge in [-0.25, -0.2) is 4.79 Å². The molecule has 0 aromatic carbocycles. The number of aliphatic carboxylic acids is 1. The highest BCUT2D eigenvalue weighted by molar-refractivity contribution is 7.80. The second kappa shape index (κ2) is 10.0. The average molecular weight is 350 g/mol. The van der Waals surface area contributed by atoms with E-state index in [1.165, 1.54) is 6.92 Å². The van der Waals surface area contributed by atoms with Crippen LogP contribution in [0.1, 0.15) is 19.8 Å². The van der Waals surface area contributed by atoms with Crippen molar-refractivity contribution >= 4 is 36.3 Å². The van der Waals surface area contributed by atoms with E-state index in [-0.39, 0.29) is 18.6 Å². The number of rotatable bonds is 10. The Morgan fingerprint density at radius 1 is 1.17 bits per heavy atom. The van der Waals surface area contributed by atoms with Crippen molar-refractivity contribution in [3.05, 3.63) is 0 Å². The summed E-state index contributed by atoms with van der Waals surface area (Å²) in [5.41, 5.74) is 10.5. The summed E-state index contributed by atoms with van der Waals surface area (Å²) in [6, 6.07) is -3.76. The number of aliphatic hydroxyl groups is 1. The number of aliphatic hydroxyl groups excluding tert-OH is 1. The Balaban J connectivity index is 5.02. The first kappa shape index (κ1) is 21.1. The third kappa shape index (κ3) is 7.81. The van der Waals surface area contributed by atoms with Gasteiger partial charge in [0.05, 0.1) is 12.1 Å². The van der Waals surface area contributed by atoms with Crippen LogP contribution in [0.2, 0.25) is 0 Å². The van der Waals surface area contributed by atoms with Crippen LogP contribution in [0.15, 0.2) is 0 Å². The molecule has 0 aliphatic rings. The molecule has 0 heterocycles. The lowest BCUT2D eigenvalue weighted by atomic mass is 10.1. The number of carboxylic acid groups (broad SMARTS) is 1. The summed E-state index contributed by atoms with van der Waals surface area (Å²) in [5, 5.41) is 22.7. The molecule has 132 valence electrons. The molecule has 8 N–H and O–H groups in total. The van der Waals surface area contributed by atoms with E-state index >= 15 is 0 Å². The number of hydrogen-bond donors (Lipinski definition) is 7. The molecule has 11 heteroatoms. The minimum absolute atomic E-state index is 0.0292. The number of carboxylic acids is 1. The Hall–Kier alpha value is -1.85. The molecule has 0 bridgehead atoms. The largest absolute Gasteiger partial charge is 0.480 e. The molecule has 0 saturated heterocycles. The molecule has 0 aromatic heterocycles. The topological polar surface area (TPSA) is 185 Å². The van der Waals surface area contributed by atoms with Gasteiger partial charge in [0, 0.05) is 12.2 Å². The number of carbonyl (C=O) groups is 4. The van der Waals surface area contributed by atoms with Crippen LogP contribution in [0.3, 0.4) is 0 Å². The number of nitrogens with one attached hydrogen (secondary N) is 2. The van der Waals surface area contributed by atoms with Gasteiger partial charge in [0.1, 0.15) is 6.04 Å². The van der Waals surface area contributed by atoms with Gasteiger partial charge in [0.2, 0.25) is 17.7 Å². The van der Waals surface area contributed by atoms with E-state index < -0.39 is 47.9 Å². The third-order valence-electron chi connectivity index (χ3n) is 2.89. The van der Waals surface area contributed by atoms with Crippen LogP contribution in [0.25, 0.3) is 0 Å². The van der Waals surface area contributed by atoms with Crippen LogP contribution >= 0.6 is 12.6 Å². The number of hydrogen-bond acceptors (Lipinski definition) is 7. The van der Waals surface area contributed by atoms with Crippen molar-refractivity contribution in [3.8, 4) is 0 Å². The van der Waals surface area contributed by atoms with E-state index in [0.717, 1.165) is 0 Å². The molecule has 0 saturated carbocycles. The van der Waals surface area contributed by atoms with Gasteiger partial charge in [-0.1, -0.05) is 0 Å². The van der Waals surface area contributed by atoms with Crippen molar-refractivity contribution in [2.45, 2.75) is 44.0 Å². The molecule has 0 aromatic rings. The lowest BCUT2D eigenvalue weighted by molar-refractivity contribution is -0.145. The second-order valence-electron chi connectivity index (χ2n) is 4.92. The first-order valence-corrected chi connectivity index (χ1v) is 7.39. The Morgan fingerprint density at radius 2 is 1.74 bits per heavy atom. The van der Waals surface area contributed by atoms with Gasteiger partial charge in [0.25, 0.3) is 0 Å². The fraction of sp³-hybridized carbons (Fsp3) is 0.667. The van der Waals surface area contributed by atoms with Gasteiger partial charge in [-0.05, 0) is 13.3 Å². The van der Waals surface area contributed by atoms with E-state index in [2.05, 4.69) is 23.3 Å². The molecule has 3 amide bonds. The molecule has 4 atom stereocenters. The second-order valence-corrected chi connectivity index (χ2v) is 5.29. The summed E-state index contributed by atoms with van der Waals surface area (Å²) in [5.74, 6) is -3.67. The SMILES string of the molecule is CC(O)C(NC(=O)C(CCC(N)=O)NC(=O)C(N)CS)C(=O)O. The van der Waals surface area contributed by atoms with Crippen LogP contribution < -0.4 is 22.1 Å². The fourth-order valence-electron chi connectivity index (χ4n) is 1.56. The number of nitrogens with two attached hydrogens (primary N) is 2. The quantitative estimate of drug-likeness (QED) is 0.204. The van der Waals surface area contributed by atoms with Crippen LogP contribution in [0.4, 0.5) is 0 Å². The number of thiol groups is 1. The Labute approximate surface area is 138 Å². The van der Waals surface area contributed by atoms with E-state index in [0.29, 0.717) is 0 Å². The highest BCUT2D eigenvalue weighted by Gasteiger charge is 2.30. The number of primary amides is 1. The van der Waals surface area contributed by atoms with Crippen molar-refractivity contribution in [1.29, 1.82) is 0 Å². The summed E-state index contributed by atoms with van der Waals surface area (Å²) in [6.45, 7) is 1.19. The van der Waals surface area contributed by atoms with Gasteiger partial charge in [-0.2, -0.15) is 12.6 Å². The number of amides is 3. The van der Waals surface area contributed by atoms with Crippen LogP contribution in [0, 0.1) is 0 Å². The summed E-state index contributed by atoms with van der Waals surface area (Å²) < 4.78 is 0. The predicted molar refractivity (Wildman–Crippen MR) is 83.4 cm³/mol. The Morgan fingerprint density at radius 3 is 2.13 bits per heavy atom. The molecule has 0 spiro atoms. The summed E-state index contributed by atoms with van der Waals surface area (Å²) in [4.78, 5) is 45.7. The van der Waals surface area contributed by atoms with E-state index in [1.54, 1.807) is 0 Å². The smallest absolute Gasteiger partial charge is 0.328 e. The van der Waals surface area contributed by atoms with Gasteiger partial charge in [-0.15, -0.1) is 0 Å². The molecule has 0 fully saturated rings. The molecule has 0 aliphatic carbocycles.